The van der Waals surface area contributed by atoms with E-state index in [1.165, 1.54) is 5.56 Å². The van der Waals surface area contributed by atoms with Crippen molar-refractivity contribution in [1.82, 2.24) is 10.2 Å². The van der Waals surface area contributed by atoms with E-state index in [4.69, 9.17) is 18.9 Å². The number of carbonyl (C=O) groups excluding carboxylic acids is 1. The van der Waals surface area contributed by atoms with Crippen LogP contribution in [0.1, 0.15) is 30.4 Å². The van der Waals surface area contributed by atoms with Gasteiger partial charge >= 0.3 is 0 Å². The van der Waals surface area contributed by atoms with Crippen molar-refractivity contribution in [2.45, 2.75) is 38.3 Å². The molecule has 7 heteroatoms. The van der Waals surface area contributed by atoms with Crippen molar-refractivity contribution < 1.29 is 23.7 Å². The molecule has 0 saturated carbocycles. The zero-order valence-corrected chi connectivity index (χ0v) is 19.5. The first kappa shape index (κ1) is 23.7. The lowest BCUT2D eigenvalue weighted by atomic mass is 10.0. The minimum atomic E-state index is 0.0602. The van der Waals surface area contributed by atoms with Crippen LogP contribution in [0.15, 0.2) is 36.4 Å². The second-order valence-electron chi connectivity index (χ2n) is 7.92. The molecule has 0 bridgehead atoms. The molecule has 0 unspecified atom stereocenters. The molecular weight excluding hydrogens is 408 g/mol. The fourth-order valence-corrected chi connectivity index (χ4v) is 4.22. The van der Waals surface area contributed by atoms with E-state index in [-0.39, 0.29) is 11.9 Å². The van der Waals surface area contributed by atoms with Gasteiger partial charge in [0.1, 0.15) is 5.75 Å². The molecule has 2 aromatic carbocycles. The first-order valence-corrected chi connectivity index (χ1v) is 11.0. The maximum Gasteiger partial charge on any atom is 0.220 e. The third kappa shape index (κ3) is 5.85. The van der Waals surface area contributed by atoms with Crippen LogP contribution in [0.2, 0.25) is 0 Å². The molecule has 1 aliphatic heterocycles. The number of methoxy groups -OCH3 is 4. The largest absolute Gasteiger partial charge is 0.496 e. The standard InChI is InChI=1S/C25H34N2O5/c1-29-21-8-6-5-7-19(21)17-27-15-13-20(14-16-27)26-23(28)12-10-18-9-11-22(30-2)25(32-4)24(18)31-3/h5-9,11,20H,10,12-17H2,1-4H3,(H,26,28). The zero-order valence-electron chi connectivity index (χ0n) is 19.5. The van der Waals surface area contributed by atoms with Gasteiger partial charge in [-0.15, -0.1) is 0 Å². The number of benzene rings is 2. The highest BCUT2D eigenvalue weighted by Crippen LogP contribution is 2.40. The number of amides is 1. The summed E-state index contributed by atoms with van der Waals surface area (Å²) in [5, 5.41) is 3.20. The van der Waals surface area contributed by atoms with E-state index in [0.717, 1.165) is 43.8 Å². The van der Waals surface area contributed by atoms with Gasteiger partial charge in [0.15, 0.2) is 11.5 Å². The minimum absolute atomic E-state index is 0.0602. The van der Waals surface area contributed by atoms with Crippen molar-refractivity contribution in [3.63, 3.8) is 0 Å². The molecule has 0 aliphatic carbocycles. The van der Waals surface area contributed by atoms with Gasteiger partial charge < -0.3 is 24.3 Å². The fraction of sp³-hybridized carbons (Fsp3) is 0.480. The predicted molar refractivity (Wildman–Crippen MR) is 124 cm³/mol. The summed E-state index contributed by atoms with van der Waals surface area (Å²) < 4.78 is 21.7. The normalized spacial score (nSPS) is 14.6. The Morgan fingerprint density at radius 1 is 0.875 bits per heavy atom. The smallest absolute Gasteiger partial charge is 0.220 e. The van der Waals surface area contributed by atoms with E-state index < -0.39 is 0 Å². The predicted octanol–water partition coefficient (Wildman–Crippen LogP) is 3.43. The molecule has 1 fully saturated rings. The van der Waals surface area contributed by atoms with E-state index in [1.807, 2.05) is 30.3 Å². The Hall–Kier alpha value is -2.93. The van der Waals surface area contributed by atoms with Crippen LogP contribution in [0.25, 0.3) is 0 Å². The Balaban J connectivity index is 1.48. The second-order valence-corrected chi connectivity index (χ2v) is 7.92. The van der Waals surface area contributed by atoms with Gasteiger partial charge in [0, 0.05) is 37.7 Å². The average Bonchev–Trinajstić information content (AvgIpc) is 2.83. The fourth-order valence-electron chi connectivity index (χ4n) is 4.22. The molecule has 1 saturated heterocycles. The van der Waals surface area contributed by atoms with Gasteiger partial charge in [0.25, 0.3) is 0 Å². The first-order chi connectivity index (χ1) is 15.6. The SMILES string of the molecule is COc1ccccc1CN1CCC(NC(=O)CCc2ccc(OC)c(OC)c2OC)CC1. The lowest BCUT2D eigenvalue weighted by Gasteiger charge is -2.32. The van der Waals surface area contributed by atoms with Crippen molar-refractivity contribution in [2.75, 3.05) is 41.5 Å². The Kier molecular flexibility index (Phi) is 8.62. The van der Waals surface area contributed by atoms with Crippen LogP contribution >= 0.6 is 0 Å². The van der Waals surface area contributed by atoms with E-state index in [2.05, 4.69) is 16.3 Å². The number of aryl methyl sites for hydroxylation is 1. The highest BCUT2D eigenvalue weighted by atomic mass is 16.5. The van der Waals surface area contributed by atoms with Crippen LogP contribution in [-0.4, -0.2) is 58.4 Å². The third-order valence-electron chi connectivity index (χ3n) is 5.95. The summed E-state index contributed by atoms with van der Waals surface area (Å²) in [7, 11) is 6.47. The van der Waals surface area contributed by atoms with Gasteiger partial charge in [0.2, 0.25) is 11.7 Å². The van der Waals surface area contributed by atoms with Gasteiger partial charge in [-0.2, -0.15) is 0 Å². The molecule has 3 rings (SSSR count). The number of nitrogens with one attached hydrogen (secondary N) is 1. The van der Waals surface area contributed by atoms with E-state index in [1.54, 1.807) is 28.4 Å². The number of nitrogens with zero attached hydrogens (tertiary/aromatic N) is 1. The molecule has 1 N–H and O–H groups in total. The van der Waals surface area contributed by atoms with Gasteiger partial charge in [-0.1, -0.05) is 24.3 Å². The molecular formula is C25H34N2O5. The summed E-state index contributed by atoms with van der Waals surface area (Å²) in [6.45, 7) is 2.77. The molecule has 174 valence electrons. The summed E-state index contributed by atoms with van der Waals surface area (Å²) in [5.74, 6) is 2.76. The first-order valence-electron chi connectivity index (χ1n) is 11.0. The molecule has 1 amide bonds. The average molecular weight is 443 g/mol. The maximum atomic E-state index is 12.6. The molecule has 0 atom stereocenters. The summed E-state index contributed by atoms with van der Waals surface area (Å²) >= 11 is 0. The van der Waals surface area contributed by atoms with Crippen LogP contribution in [-0.2, 0) is 17.8 Å². The molecule has 1 heterocycles. The Bertz CT molecular complexity index is 894. The van der Waals surface area contributed by atoms with Crippen molar-refractivity contribution in [3.8, 4) is 23.0 Å². The highest BCUT2D eigenvalue weighted by molar-refractivity contribution is 5.76. The lowest BCUT2D eigenvalue weighted by molar-refractivity contribution is -0.122. The highest BCUT2D eigenvalue weighted by Gasteiger charge is 2.22. The molecule has 0 spiro atoms. The van der Waals surface area contributed by atoms with Crippen LogP contribution in [0, 0.1) is 0 Å². The summed E-state index contributed by atoms with van der Waals surface area (Å²) in [6, 6.07) is 12.1. The third-order valence-corrected chi connectivity index (χ3v) is 5.95. The number of rotatable bonds is 10. The quantitative estimate of drug-likeness (QED) is 0.608. The summed E-state index contributed by atoms with van der Waals surface area (Å²) in [4.78, 5) is 15.0. The Morgan fingerprint density at radius 2 is 1.56 bits per heavy atom. The minimum Gasteiger partial charge on any atom is -0.496 e. The topological polar surface area (TPSA) is 69.3 Å². The number of hydrogen-bond donors (Lipinski definition) is 1. The van der Waals surface area contributed by atoms with Crippen molar-refractivity contribution >= 4 is 5.91 Å². The maximum absolute atomic E-state index is 12.6. The Labute approximate surface area is 190 Å². The van der Waals surface area contributed by atoms with Gasteiger partial charge in [-0.25, -0.2) is 0 Å². The van der Waals surface area contributed by atoms with Crippen LogP contribution in [0.3, 0.4) is 0 Å². The summed E-state index contributed by atoms with van der Waals surface area (Å²) in [5.41, 5.74) is 2.12. The van der Waals surface area contributed by atoms with Crippen molar-refractivity contribution in [3.05, 3.63) is 47.5 Å². The molecule has 0 aromatic heterocycles. The van der Waals surface area contributed by atoms with Crippen molar-refractivity contribution in [1.29, 1.82) is 0 Å². The monoisotopic (exact) mass is 442 g/mol. The van der Waals surface area contributed by atoms with E-state index in [0.29, 0.717) is 30.1 Å². The molecule has 0 radical (unpaired) electrons. The van der Waals surface area contributed by atoms with Gasteiger partial charge in [0.05, 0.1) is 28.4 Å². The number of piperidine rings is 1. The summed E-state index contributed by atoms with van der Waals surface area (Å²) in [6.07, 6.45) is 2.86. The van der Waals surface area contributed by atoms with E-state index in [9.17, 15) is 4.79 Å². The number of hydrogen-bond acceptors (Lipinski definition) is 6. The molecule has 1 aliphatic rings. The van der Waals surface area contributed by atoms with Gasteiger partial charge in [-0.3, -0.25) is 9.69 Å². The Morgan fingerprint density at radius 3 is 2.22 bits per heavy atom. The molecule has 32 heavy (non-hydrogen) atoms. The van der Waals surface area contributed by atoms with Gasteiger partial charge in [-0.05, 0) is 37.0 Å². The number of carbonyl (C=O) groups is 1. The van der Waals surface area contributed by atoms with Crippen molar-refractivity contribution in [2.24, 2.45) is 0 Å². The van der Waals surface area contributed by atoms with Crippen LogP contribution in [0.5, 0.6) is 23.0 Å². The van der Waals surface area contributed by atoms with Crippen LogP contribution < -0.4 is 24.3 Å². The number of likely N-dealkylation sites (tertiary alicyclic amines) is 1. The van der Waals surface area contributed by atoms with Crippen LogP contribution in [0.4, 0.5) is 0 Å². The lowest BCUT2D eigenvalue weighted by Crippen LogP contribution is -2.44. The molecule has 2 aromatic rings. The van der Waals surface area contributed by atoms with E-state index >= 15 is 0 Å². The number of ether oxygens (including phenoxy) is 4. The zero-order chi connectivity index (χ0) is 22.9. The molecule has 7 nitrogen and oxygen atoms in total. The number of para-hydroxylation sites is 1. The second kappa shape index (κ2) is 11.6.